The molecule has 1 aromatic rings. The van der Waals surface area contributed by atoms with Crippen LogP contribution < -0.4 is 10.1 Å². The zero-order valence-corrected chi connectivity index (χ0v) is 11.9. The van der Waals surface area contributed by atoms with Gasteiger partial charge in [0.2, 0.25) is 5.88 Å². The quantitative estimate of drug-likeness (QED) is 0.809. The van der Waals surface area contributed by atoms with Crippen LogP contribution in [0.1, 0.15) is 33.5 Å². The van der Waals surface area contributed by atoms with Crippen LogP contribution in [0, 0.1) is 5.92 Å². The van der Waals surface area contributed by atoms with Crippen LogP contribution in [0.3, 0.4) is 0 Å². The van der Waals surface area contributed by atoms with Crippen molar-refractivity contribution in [2.24, 2.45) is 5.92 Å². The Hall–Kier alpha value is -1.36. The summed E-state index contributed by atoms with van der Waals surface area (Å²) in [5.41, 5.74) is 0. The third-order valence-corrected chi connectivity index (χ3v) is 2.63. The Kier molecular flexibility index (Phi) is 5.85. The van der Waals surface area contributed by atoms with E-state index in [1.165, 1.54) is 0 Å². The summed E-state index contributed by atoms with van der Waals surface area (Å²) in [6.07, 6.45) is 0.116. The van der Waals surface area contributed by atoms with Crippen LogP contribution in [-0.2, 0) is 11.3 Å². The van der Waals surface area contributed by atoms with E-state index in [1.54, 1.807) is 7.11 Å². The molecule has 18 heavy (non-hydrogen) atoms. The molecule has 0 spiro atoms. The minimum Gasteiger partial charge on any atom is -0.474 e. The molecule has 5 heteroatoms. The standard InChI is InChI=1S/C13H23N3O2/c1-6-14-11-7-13(18-10(4)9(2)3)16-12(15-11)8-17-5/h7,9-10H,6,8H2,1-5H3,(H,14,15,16). The molecular weight excluding hydrogens is 230 g/mol. The van der Waals surface area contributed by atoms with Gasteiger partial charge in [-0.05, 0) is 19.8 Å². The molecule has 0 aromatic carbocycles. The molecule has 0 aliphatic heterocycles. The lowest BCUT2D eigenvalue weighted by Gasteiger charge is -2.18. The van der Waals surface area contributed by atoms with Crippen LogP contribution in [-0.4, -0.2) is 29.7 Å². The van der Waals surface area contributed by atoms with Gasteiger partial charge < -0.3 is 14.8 Å². The Morgan fingerprint density at radius 3 is 2.56 bits per heavy atom. The highest BCUT2D eigenvalue weighted by atomic mass is 16.5. The van der Waals surface area contributed by atoms with E-state index in [2.05, 4.69) is 29.1 Å². The third kappa shape index (κ3) is 4.49. The predicted molar refractivity (Wildman–Crippen MR) is 71.8 cm³/mol. The Morgan fingerprint density at radius 2 is 2.00 bits per heavy atom. The lowest BCUT2D eigenvalue weighted by atomic mass is 10.1. The summed E-state index contributed by atoms with van der Waals surface area (Å²) in [6.45, 7) is 9.49. The number of hydrogen-bond donors (Lipinski definition) is 1. The van der Waals surface area contributed by atoms with Crippen molar-refractivity contribution < 1.29 is 9.47 Å². The normalized spacial score (nSPS) is 12.6. The Balaban J connectivity index is 2.87. The van der Waals surface area contributed by atoms with E-state index in [4.69, 9.17) is 9.47 Å². The minimum atomic E-state index is 0.116. The van der Waals surface area contributed by atoms with Crippen molar-refractivity contribution >= 4 is 5.82 Å². The molecule has 1 unspecified atom stereocenters. The fraction of sp³-hybridized carbons (Fsp3) is 0.692. The second-order valence-electron chi connectivity index (χ2n) is 4.54. The fourth-order valence-corrected chi connectivity index (χ4v) is 1.32. The maximum atomic E-state index is 5.80. The minimum absolute atomic E-state index is 0.116. The number of aromatic nitrogens is 2. The molecule has 1 heterocycles. The lowest BCUT2D eigenvalue weighted by molar-refractivity contribution is 0.156. The zero-order chi connectivity index (χ0) is 13.5. The summed E-state index contributed by atoms with van der Waals surface area (Å²) in [5, 5.41) is 3.16. The first-order valence-electron chi connectivity index (χ1n) is 6.34. The van der Waals surface area contributed by atoms with Crippen LogP contribution in [0.15, 0.2) is 6.07 Å². The van der Waals surface area contributed by atoms with Gasteiger partial charge in [-0.3, -0.25) is 0 Å². The second kappa shape index (κ2) is 7.16. The number of methoxy groups -OCH3 is 1. The molecule has 0 saturated carbocycles. The molecular formula is C13H23N3O2. The van der Waals surface area contributed by atoms with Crippen molar-refractivity contribution in [3.63, 3.8) is 0 Å². The summed E-state index contributed by atoms with van der Waals surface area (Å²) in [7, 11) is 1.63. The van der Waals surface area contributed by atoms with E-state index in [-0.39, 0.29) is 6.10 Å². The van der Waals surface area contributed by atoms with E-state index in [0.717, 1.165) is 12.4 Å². The van der Waals surface area contributed by atoms with Crippen molar-refractivity contribution in [2.75, 3.05) is 19.0 Å². The van der Waals surface area contributed by atoms with E-state index >= 15 is 0 Å². The predicted octanol–water partition coefficient (Wildman–Crippen LogP) is 2.48. The molecule has 0 amide bonds. The SMILES string of the molecule is CCNc1cc(OC(C)C(C)C)nc(COC)n1. The number of anilines is 1. The average Bonchev–Trinajstić information content (AvgIpc) is 2.29. The van der Waals surface area contributed by atoms with E-state index < -0.39 is 0 Å². The highest BCUT2D eigenvalue weighted by molar-refractivity contribution is 5.38. The molecule has 5 nitrogen and oxygen atoms in total. The zero-order valence-electron chi connectivity index (χ0n) is 11.9. The fourth-order valence-electron chi connectivity index (χ4n) is 1.32. The Labute approximate surface area is 109 Å². The van der Waals surface area contributed by atoms with Gasteiger partial charge in [-0.2, -0.15) is 4.98 Å². The smallest absolute Gasteiger partial charge is 0.219 e. The molecule has 1 N–H and O–H groups in total. The van der Waals surface area contributed by atoms with Gasteiger partial charge in [0.15, 0.2) is 5.82 Å². The van der Waals surface area contributed by atoms with Gasteiger partial charge in [0.25, 0.3) is 0 Å². The molecule has 0 bridgehead atoms. The molecule has 0 radical (unpaired) electrons. The molecule has 0 saturated heterocycles. The molecule has 1 rings (SSSR count). The molecule has 0 fully saturated rings. The van der Waals surface area contributed by atoms with Gasteiger partial charge >= 0.3 is 0 Å². The number of nitrogens with zero attached hydrogens (tertiary/aromatic N) is 2. The molecule has 0 aliphatic rings. The monoisotopic (exact) mass is 253 g/mol. The van der Waals surface area contributed by atoms with Crippen LogP contribution in [0.4, 0.5) is 5.82 Å². The van der Waals surface area contributed by atoms with Gasteiger partial charge in [0.05, 0.1) is 6.10 Å². The first-order valence-corrected chi connectivity index (χ1v) is 6.34. The van der Waals surface area contributed by atoms with Crippen molar-refractivity contribution in [3.8, 4) is 5.88 Å². The molecule has 102 valence electrons. The molecule has 1 aromatic heterocycles. The van der Waals surface area contributed by atoms with Crippen LogP contribution in [0.5, 0.6) is 5.88 Å². The average molecular weight is 253 g/mol. The first kappa shape index (κ1) is 14.7. The highest BCUT2D eigenvalue weighted by Gasteiger charge is 2.12. The van der Waals surface area contributed by atoms with Crippen molar-refractivity contribution in [2.45, 2.75) is 40.4 Å². The highest BCUT2D eigenvalue weighted by Crippen LogP contribution is 2.17. The maximum Gasteiger partial charge on any atom is 0.219 e. The topological polar surface area (TPSA) is 56.3 Å². The van der Waals surface area contributed by atoms with Crippen LogP contribution in [0.25, 0.3) is 0 Å². The Bertz CT molecular complexity index is 345. The van der Waals surface area contributed by atoms with Gasteiger partial charge in [-0.25, -0.2) is 4.98 Å². The van der Waals surface area contributed by atoms with Crippen LogP contribution in [0.2, 0.25) is 0 Å². The van der Waals surface area contributed by atoms with Gasteiger partial charge in [-0.1, -0.05) is 13.8 Å². The molecule has 0 aliphatic carbocycles. The van der Waals surface area contributed by atoms with E-state index in [0.29, 0.717) is 24.2 Å². The van der Waals surface area contributed by atoms with Crippen LogP contribution >= 0.6 is 0 Å². The van der Waals surface area contributed by atoms with Crippen molar-refractivity contribution in [1.82, 2.24) is 9.97 Å². The van der Waals surface area contributed by atoms with Gasteiger partial charge in [0, 0.05) is 19.7 Å². The summed E-state index contributed by atoms with van der Waals surface area (Å²) in [5.74, 6) is 2.43. The maximum absolute atomic E-state index is 5.80. The largest absolute Gasteiger partial charge is 0.474 e. The first-order chi connectivity index (χ1) is 8.56. The van der Waals surface area contributed by atoms with Gasteiger partial charge in [0.1, 0.15) is 12.4 Å². The summed E-state index contributed by atoms with van der Waals surface area (Å²) in [6, 6.07) is 1.82. The lowest BCUT2D eigenvalue weighted by Crippen LogP contribution is -2.20. The summed E-state index contributed by atoms with van der Waals surface area (Å²) in [4.78, 5) is 8.67. The van der Waals surface area contributed by atoms with E-state index in [1.807, 2.05) is 19.9 Å². The number of hydrogen-bond acceptors (Lipinski definition) is 5. The third-order valence-electron chi connectivity index (χ3n) is 2.63. The number of nitrogens with one attached hydrogen (secondary N) is 1. The molecule has 1 atom stereocenters. The number of ether oxygens (including phenoxy) is 2. The summed E-state index contributed by atoms with van der Waals surface area (Å²) >= 11 is 0. The number of rotatable bonds is 7. The van der Waals surface area contributed by atoms with Crippen molar-refractivity contribution in [1.29, 1.82) is 0 Å². The summed E-state index contributed by atoms with van der Waals surface area (Å²) < 4.78 is 10.9. The van der Waals surface area contributed by atoms with E-state index in [9.17, 15) is 0 Å². The second-order valence-corrected chi connectivity index (χ2v) is 4.54. The van der Waals surface area contributed by atoms with Crippen molar-refractivity contribution in [3.05, 3.63) is 11.9 Å². The van der Waals surface area contributed by atoms with Gasteiger partial charge in [-0.15, -0.1) is 0 Å². The Morgan fingerprint density at radius 1 is 1.28 bits per heavy atom.